The van der Waals surface area contributed by atoms with Crippen molar-refractivity contribution in [3.63, 3.8) is 0 Å². The molecular weight excluding hydrogens is 330 g/mol. The Morgan fingerprint density at radius 3 is 2.91 bits per heavy atom. The molecule has 1 saturated heterocycles. The van der Waals surface area contributed by atoms with E-state index in [-0.39, 0.29) is 22.3 Å². The van der Waals surface area contributed by atoms with Gasteiger partial charge in [0, 0.05) is 13.0 Å². The molecule has 22 heavy (non-hydrogen) atoms. The summed E-state index contributed by atoms with van der Waals surface area (Å²) in [5, 5.41) is 1.46. The summed E-state index contributed by atoms with van der Waals surface area (Å²) in [5.41, 5.74) is 0. The number of carbonyl (C=O) groups excluding carboxylic acids is 2. The van der Waals surface area contributed by atoms with Gasteiger partial charge >= 0.3 is 5.97 Å². The molecule has 9 heteroatoms. The van der Waals surface area contributed by atoms with E-state index in [0.717, 1.165) is 24.2 Å². The molecule has 1 fully saturated rings. The van der Waals surface area contributed by atoms with Gasteiger partial charge in [0.15, 0.2) is 0 Å². The highest BCUT2D eigenvalue weighted by molar-refractivity contribution is 7.90. The molecule has 1 atom stereocenters. The maximum atomic E-state index is 12.2. The van der Waals surface area contributed by atoms with Crippen LogP contribution in [0.15, 0.2) is 16.3 Å². The van der Waals surface area contributed by atoms with Crippen LogP contribution in [0, 0.1) is 0 Å². The summed E-state index contributed by atoms with van der Waals surface area (Å²) < 4.78 is 36.2. The molecule has 0 saturated carbocycles. The van der Waals surface area contributed by atoms with E-state index in [1.54, 1.807) is 0 Å². The van der Waals surface area contributed by atoms with E-state index in [2.05, 4.69) is 4.74 Å². The van der Waals surface area contributed by atoms with Gasteiger partial charge in [0.05, 0.1) is 13.2 Å². The Labute approximate surface area is 132 Å². The fourth-order valence-corrected chi connectivity index (χ4v) is 4.52. The Morgan fingerprint density at radius 2 is 2.27 bits per heavy atom. The van der Waals surface area contributed by atoms with Gasteiger partial charge in [0.2, 0.25) is 5.91 Å². The van der Waals surface area contributed by atoms with Crippen LogP contribution in [0.1, 0.15) is 35.4 Å². The molecular formula is C13H17NO6S2. The van der Waals surface area contributed by atoms with Crippen molar-refractivity contribution in [1.29, 1.82) is 0 Å². The maximum Gasteiger partial charge on any atom is 0.349 e. The van der Waals surface area contributed by atoms with Gasteiger partial charge in [-0.15, -0.1) is 11.3 Å². The standard InChI is InChI=1S/C13H17NO6S2/c1-19-13(16)12-10(6-8-21-12)22(17,18)14-11(15)5-4-9-3-2-7-20-9/h6,8-9H,2-5,7H2,1H3,(H,14,15)/t9-/m1/s1. The Balaban J connectivity index is 1.99. The molecule has 122 valence electrons. The highest BCUT2D eigenvalue weighted by Gasteiger charge is 2.26. The number of sulfonamides is 1. The van der Waals surface area contributed by atoms with E-state index in [1.807, 2.05) is 4.72 Å². The van der Waals surface area contributed by atoms with Crippen molar-refractivity contribution in [3.05, 3.63) is 16.3 Å². The SMILES string of the molecule is COC(=O)c1sccc1S(=O)(=O)NC(=O)CC[C@H]1CCCO1. The third-order valence-electron chi connectivity index (χ3n) is 3.25. The van der Waals surface area contributed by atoms with E-state index in [1.165, 1.54) is 18.6 Å². The van der Waals surface area contributed by atoms with Crippen molar-refractivity contribution >= 4 is 33.2 Å². The van der Waals surface area contributed by atoms with E-state index >= 15 is 0 Å². The van der Waals surface area contributed by atoms with E-state index in [9.17, 15) is 18.0 Å². The first-order chi connectivity index (χ1) is 10.4. The molecule has 0 aliphatic carbocycles. The molecule has 2 heterocycles. The lowest BCUT2D eigenvalue weighted by Gasteiger charge is -2.10. The third-order valence-corrected chi connectivity index (χ3v) is 5.69. The number of ether oxygens (including phenoxy) is 2. The molecule has 1 aromatic rings. The number of hydrogen-bond acceptors (Lipinski definition) is 7. The fourth-order valence-electron chi connectivity index (χ4n) is 2.17. The van der Waals surface area contributed by atoms with Crippen molar-refractivity contribution in [2.45, 2.75) is 36.7 Å². The van der Waals surface area contributed by atoms with Gasteiger partial charge < -0.3 is 9.47 Å². The Kier molecular flexibility index (Phi) is 5.54. The second-order valence-electron chi connectivity index (χ2n) is 4.81. The maximum absolute atomic E-state index is 12.2. The number of rotatable bonds is 6. The molecule has 1 aliphatic heterocycles. The zero-order chi connectivity index (χ0) is 16.2. The summed E-state index contributed by atoms with van der Waals surface area (Å²) in [7, 11) is -2.91. The number of nitrogens with one attached hydrogen (secondary N) is 1. The first-order valence-corrected chi connectivity index (χ1v) is 9.13. The average Bonchev–Trinajstić information content (AvgIpc) is 3.14. The monoisotopic (exact) mass is 347 g/mol. The lowest BCUT2D eigenvalue weighted by Crippen LogP contribution is -2.31. The topological polar surface area (TPSA) is 98.8 Å². The Hall–Kier alpha value is -1.45. The van der Waals surface area contributed by atoms with Gasteiger partial charge in [0.25, 0.3) is 10.0 Å². The molecule has 1 aromatic heterocycles. The Bertz CT molecular complexity index is 645. The number of thiophene rings is 1. The molecule has 1 aliphatic rings. The first-order valence-electron chi connectivity index (χ1n) is 6.77. The molecule has 7 nitrogen and oxygen atoms in total. The zero-order valence-electron chi connectivity index (χ0n) is 12.0. The lowest BCUT2D eigenvalue weighted by molar-refractivity contribution is -0.119. The summed E-state index contributed by atoms with van der Waals surface area (Å²) >= 11 is 0.945. The molecule has 0 radical (unpaired) electrons. The van der Waals surface area contributed by atoms with Crippen LogP contribution < -0.4 is 4.72 Å². The van der Waals surface area contributed by atoms with Crippen molar-refractivity contribution in [2.75, 3.05) is 13.7 Å². The lowest BCUT2D eigenvalue weighted by atomic mass is 10.1. The summed E-state index contributed by atoms with van der Waals surface area (Å²) in [4.78, 5) is 23.0. The van der Waals surface area contributed by atoms with E-state index < -0.39 is 21.9 Å². The molecule has 1 amide bonds. The van der Waals surface area contributed by atoms with Crippen LogP contribution >= 0.6 is 11.3 Å². The Morgan fingerprint density at radius 1 is 1.50 bits per heavy atom. The number of esters is 1. The van der Waals surface area contributed by atoms with Crippen LogP contribution in [0.5, 0.6) is 0 Å². The van der Waals surface area contributed by atoms with Gasteiger partial charge in [-0.25, -0.2) is 17.9 Å². The van der Waals surface area contributed by atoms with Crippen LogP contribution in [0.4, 0.5) is 0 Å². The number of carbonyl (C=O) groups is 2. The van der Waals surface area contributed by atoms with Gasteiger partial charge in [-0.3, -0.25) is 4.79 Å². The molecule has 0 unspecified atom stereocenters. The molecule has 0 spiro atoms. The average molecular weight is 347 g/mol. The van der Waals surface area contributed by atoms with Crippen LogP contribution in [0.25, 0.3) is 0 Å². The van der Waals surface area contributed by atoms with Crippen molar-refractivity contribution in [2.24, 2.45) is 0 Å². The van der Waals surface area contributed by atoms with Gasteiger partial charge in [-0.05, 0) is 30.7 Å². The molecule has 1 N–H and O–H groups in total. The van der Waals surface area contributed by atoms with Crippen molar-refractivity contribution < 1.29 is 27.5 Å². The summed E-state index contributed by atoms with van der Waals surface area (Å²) in [6.07, 6.45) is 2.40. The second kappa shape index (κ2) is 7.21. The predicted molar refractivity (Wildman–Crippen MR) is 79.2 cm³/mol. The van der Waals surface area contributed by atoms with Crippen LogP contribution in [-0.4, -0.2) is 40.1 Å². The van der Waals surface area contributed by atoms with Crippen molar-refractivity contribution in [1.82, 2.24) is 4.72 Å². The molecule has 2 rings (SSSR count). The van der Waals surface area contributed by atoms with E-state index in [4.69, 9.17) is 4.74 Å². The summed E-state index contributed by atoms with van der Waals surface area (Å²) in [6.45, 7) is 0.683. The van der Waals surface area contributed by atoms with E-state index in [0.29, 0.717) is 13.0 Å². The van der Waals surface area contributed by atoms with Gasteiger partial charge in [-0.2, -0.15) is 0 Å². The molecule has 0 aromatic carbocycles. The first kappa shape index (κ1) is 16.9. The number of amides is 1. The van der Waals surface area contributed by atoms with Crippen LogP contribution in [0.3, 0.4) is 0 Å². The normalized spacial score (nSPS) is 18.1. The van der Waals surface area contributed by atoms with Crippen molar-refractivity contribution in [3.8, 4) is 0 Å². The summed E-state index contributed by atoms with van der Waals surface area (Å²) in [5.74, 6) is -1.36. The smallest absolute Gasteiger partial charge is 0.349 e. The minimum absolute atomic E-state index is 0.0141. The number of hydrogen-bond donors (Lipinski definition) is 1. The summed E-state index contributed by atoms with van der Waals surface area (Å²) in [6, 6.07) is 1.27. The predicted octanol–water partition coefficient (Wildman–Crippen LogP) is 1.30. The van der Waals surface area contributed by atoms with Crippen LogP contribution in [-0.2, 0) is 24.3 Å². The minimum Gasteiger partial charge on any atom is -0.465 e. The fraction of sp³-hybridized carbons (Fsp3) is 0.538. The van der Waals surface area contributed by atoms with Gasteiger partial charge in [0.1, 0.15) is 9.77 Å². The number of methoxy groups -OCH3 is 1. The van der Waals surface area contributed by atoms with Crippen LogP contribution in [0.2, 0.25) is 0 Å². The highest BCUT2D eigenvalue weighted by atomic mass is 32.2. The zero-order valence-corrected chi connectivity index (χ0v) is 13.7. The quantitative estimate of drug-likeness (QED) is 0.779. The van der Waals surface area contributed by atoms with Gasteiger partial charge in [-0.1, -0.05) is 0 Å². The third kappa shape index (κ3) is 4.05. The minimum atomic E-state index is -4.08. The largest absolute Gasteiger partial charge is 0.465 e. The highest BCUT2D eigenvalue weighted by Crippen LogP contribution is 2.23. The second-order valence-corrected chi connectivity index (χ2v) is 7.37. The molecule has 0 bridgehead atoms.